The normalized spacial score (nSPS) is 19.0. The van der Waals surface area contributed by atoms with Crippen molar-refractivity contribution in [1.82, 2.24) is 9.21 Å². The summed E-state index contributed by atoms with van der Waals surface area (Å²) in [6.07, 6.45) is 3.31. The lowest BCUT2D eigenvalue weighted by Crippen LogP contribution is -2.64. The molecule has 40 heavy (non-hydrogen) atoms. The summed E-state index contributed by atoms with van der Waals surface area (Å²) in [5.74, 6) is -1.55. The molecule has 0 aromatic heterocycles. The summed E-state index contributed by atoms with van der Waals surface area (Å²) in [4.78, 5) is 39.4. The maximum Gasteiger partial charge on any atom is 0.329 e. The Bertz CT molecular complexity index is 1410. The highest BCUT2D eigenvalue weighted by molar-refractivity contribution is 7.89. The molecule has 0 radical (unpaired) electrons. The number of fused-ring (bicyclic) bond motifs is 1. The molecule has 0 saturated carbocycles. The van der Waals surface area contributed by atoms with E-state index in [-0.39, 0.29) is 19.5 Å². The van der Waals surface area contributed by atoms with Gasteiger partial charge in [0.05, 0.1) is 4.92 Å². The summed E-state index contributed by atoms with van der Waals surface area (Å²) >= 11 is 0. The van der Waals surface area contributed by atoms with E-state index in [4.69, 9.17) is 4.74 Å². The third kappa shape index (κ3) is 6.05. The Morgan fingerprint density at radius 2 is 1.77 bits per heavy atom. The summed E-state index contributed by atoms with van der Waals surface area (Å²) in [7, 11) is -4.40. The first kappa shape index (κ1) is 29.7. The van der Waals surface area contributed by atoms with E-state index in [0.29, 0.717) is 0 Å². The Kier molecular flexibility index (Phi) is 8.37. The predicted octanol–water partition coefficient (Wildman–Crippen LogP) is 3.89. The molecule has 4 rings (SSSR count). The van der Waals surface area contributed by atoms with Crippen molar-refractivity contribution in [2.45, 2.75) is 82.9 Å². The monoisotopic (exact) mass is 571 g/mol. The van der Waals surface area contributed by atoms with Crippen molar-refractivity contribution >= 4 is 27.6 Å². The number of carbonyl (C=O) groups excluding carboxylic acids is 2. The van der Waals surface area contributed by atoms with E-state index in [1.165, 1.54) is 34.2 Å². The Hall–Kier alpha value is -3.31. The largest absolute Gasteiger partial charge is 0.458 e. The summed E-state index contributed by atoms with van der Waals surface area (Å²) in [5, 5.41) is 11.6. The van der Waals surface area contributed by atoms with E-state index >= 15 is 0 Å². The van der Waals surface area contributed by atoms with Crippen LogP contribution in [0.2, 0.25) is 0 Å². The number of amides is 1. The predicted molar refractivity (Wildman–Crippen MR) is 149 cm³/mol. The molecular formula is C29H37N3O7S. The molecule has 1 saturated heterocycles. The van der Waals surface area contributed by atoms with Crippen LogP contribution in [0.4, 0.5) is 5.69 Å². The lowest BCUT2D eigenvalue weighted by molar-refractivity contribution is -0.387. The Morgan fingerprint density at radius 3 is 2.42 bits per heavy atom. The first-order valence-electron chi connectivity index (χ1n) is 13.6. The minimum Gasteiger partial charge on any atom is -0.458 e. The molecule has 1 heterocycles. The zero-order valence-corrected chi connectivity index (χ0v) is 24.4. The van der Waals surface area contributed by atoms with E-state index in [0.717, 1.165) is 35.2 Å². The second-order valence-electron chi connectivity index (χ2n) is 11.8. The highest BCUT2D eigenvalue weighted by atomic mass is 32.2. The van der Waals surface area contributed by atoms with Gasteiger partial charge in [0, 0.05) is 25.6 Å². The van der Waals surface area contributed by atoms with Gasteiger partial charge in [-0.05, 0) is 68.7 Å². The van der Waals surface area contributed by atoms with Gasteiger partial charge in [0.1, 0.15) is 17.7 Å². The molecule has 1 amide bonds. The Morgan fingerprint density at radius 1 is 1.10 bits per heavy atom. The quantitative estimate of drug-likeness (QED) is 0.267. The van der Waals surface area contributed by atoms with Gasteiger partial charge in [-0.3, -0.25) is 14.9 Å². The standard InChI is InChI=1S/C29H37N3O7S/c1-19(2)26-27(33)30(15-16-31(26)40(37,38)25-12-7-6-11-23(25)32(35)36)24(28(34)39-29(3,4)5)18-20-13-14-21-9-8-10-22(21)17-20/h6-7,11-14,17,19,24,26H,8-10,15-16,18H2,1-5H3/t24-,26-/m0/s1. The van der Waals surface area contributed by atoms with Crippen LogP contribution in [-0.2, 0) is 43.6 Å². The van der Waals surface area contributed by atoms with Gasteiger partial charge in [-0.1, -0.05) is 44.2 Å². The summed E-state index contributed by atoms with van der Waals surface area (Å²) < 4.78 is 34.2. The molecule has 11 heteroatoms. The number of esters is 1. The number of piperazine rings is 1. The fraction of sp³-hybridized carbons (Fsp3) is 0.517. The summed E-state index contributed by atoms with van der Waals surface area (Å²) in [6, 6.07) is 9.14. The number of benzene rings is 2. The van der Waals surface area contributed by atoms with Crippen LogP contribution in [-0.4, -0.2) is 65.2 Å². The van der Waals surface area contributed by atoms with Gasteiger partial charge in [0.25, 0.3) is 15.7 Å². The second kappa shape index (κ2) is 11.3. The molecule has 2 aromatic rings. The molecule has 216 valence electrons. The van der Waals surface area contributed by atoms with Crippen molar-refractivity contribution in [1.29, 1.82) is 0 Å². The Balaban J connectivity index is 1.69. The number of ether oxygens (including phenoxy) is 1. The molecule has 10 nitrogen and oxygen atoms in total. The van der Waals surface area contributed by atoms with Crippen LogP contribution >= 0.6 is 0 Å². The van der Waals surface area contributed by atoms with Crippen LogP contribution in [0.1, 0.15) is 57.7 Å². The summed E-state index contributed by atoms with van der Waals surface area (Å²) in [6.45, 7) is 8.53. The fourth-order valence-electron chi connectivity index (χ4n) is 5.56. The van der Waals surface area contributed by atoms with Crippen LogP contribution in [0, 0.1) is 16.0 Å². The molecule has 1 aliphatic carbocycles. The Labute approximate surface area is 235 Å². The molecule has 2 aromatic carbocycles. The number of para-hydroxylation sites is 1. The van der Waals surface area contributed by atoms with Gasteiger partial charge in [-0.25, -0.2) is 13.2 Å². The van der Waals surface area contributed by atoms with Gasteiger partial charge < -0.3 is 9.64 Å². The van der Waals surface area contributed by atoms with Crippen molar-refractivity contribution in [2.75, 3.05) is 13.1 Å². The minimum absolute atomic E-state index is 0.0588. The molecule has 1 aliphatic heterocycles. The number of rotatable bonds is 8. The van der Waals surface area contributed by atoms with Gasteiger partial charge in [-0.2, -0.15) is 4.31 Å². The smallest absolute Gasteiger partial charge is 0.329 e. The first-order valence-corrected chi connectivity index (χ1v) is 15.0. The van der Waals surface area contributed by atoms with E-state index in [9.17, 15) is 28.1 Å². The second-order valence-corrected chi connectivity index (χ2v) is 13.6. The molecule has 2 atom stereocenters. The number of aryl methyl sites for hydroxylation is 2. The number of sulfonamides is 1. The maximum atomic E-state index is 14.0. The highest BCUT2D eigenvalue weighted by Crippen LogP contribution is 2.33. The van der Waals surface area contributed by atoms with Gasteiger partial charge >= 0.3 is 5.97 Å². The van der Waals surface area contributed by atoms with Crippen LogP contribution < -0.4 is 0 Å². The molecule has 1 fully saturated rings. The maximum absolute atomic E-state index is 14.0. The molecule has 2 aliphatic rings. The van der Waals surface area contributed by atoms with E-state index in [1.54, 1.807) is 34.6 Å². The zero-order chi connectivity index (χ0) is 29.4. The molecule has 0 unspecified atom stereocenters. The topological polar surface area (TPSA) is 127 Å². The number of carbonyl (C=O) groups is 2. The fourth-order valence-corrected chi connectivity index (χ4v) is 7.43. The van der Waals surface area contributed by atoms with Crippen molar-refractivity contribution in [3.8, 4) is 0 Å². The molecular weight excluding hydrogens is 534 g/mol. The molecule has 0 N–H and O–H groups in total. The highest BCUT2D eigenvalue weighted by Gasteiger charge is 2.48. The lowest BCUT2D eigenvalue weighted by atomic mass is 9.96. The first-order chi connectivity index (χ1) is 18.7. The van der Waals surface area contributed by atoms with Crippen LogP contribution in [0.3, 0.4) is 0 Å². The average Bonchev–Trinajstić information content (AvgIpc) is 3.34. The van der Waals surface area contributed by atoms with Crippen LogP contribution in [0.5, 0.6) is 0 Å². The number of hydrogen-bond donors (Lipinski definition) is 0. The van der Waals surface area contributed by atoms with Crippen molar-refractivity contribution in [3.63, 3.8) is 0 Å². The number of hydrogen-bond acceptors (Lipinski definition) is 7. The third-order valence-electron chi connectivity index (χ3n) is 7.33. The summed E-state index contributed by atoms with van der Waals surface area (Å²) in [5.41, 5.74) is 2.10. The minimum atomic E-state index is -4.40. The van der Waals surface area contributed by atoms with E-state index in [2.05, 4.69) is 12.1 Å². The number of nitro groups is 1. The van der Waals surface area contributed by atoms with Gasteiger partial charge in [-0.15, -0.1) is 0 Å². The van der Waals surface area contributed by atoms with Gasteiger partial charge in [0.2, 0.25) is 5.91 Å². The van der Waals surface area contributed by atoms with E-state index < -0.39 is 61.0 Å². The van der Waals surface area contributed by atoms with Crippen molar-refractivity contribution < 1.29 is 27.7 Å². The van der Waals surface area contributed by atoms with Crippen molar-refractivity contribution in [2.24, 2.45) is 5.92 Å². The van der Waals surface area contributed by atoms with Crippen LogP contribution in [0.15, 0.2) is 47.4 Å². The zero-order valence-electron chi connectivity index (χ0n) is 23.6. The lowest BCUT2D eigenvalue weighted by Gasteiger charge is -2.44. The van der Waals surface area contributed by atoms with Crippen LogP contribution in [0.25, 0.3) is 0 Å². The third-order valence-corrected chi connectivity index (χ3v) is 9.26. The average molecular weight is 572 g/mol. The number of nitro benzene ring substituents is 1. The van der Waals surface area contributed by atoms with E-state index in [1.807, 2.05) is 6.07 Å². The molecule has 0 spiro atoms. The van der Waals surface area contributed by atoms with Gasteiger partial charge in [0.15, 0.2) is 4.90 Å². The number of nitrogens with zero attached hydrogens (tertiary/aromatic N) is 3. The molecule has 0 bridgehead atoms. The SMILES string of the molecule is CC(C)[C@H]1C(=O)N([C@@H](Cc2ccc3c(c2)CCC3)C(=O)OC(C)(C)C)CCN1S(=O)(=O)c1ccccc1[N+](=O)[O-]. The van der Waals surface area contributed by atoms with Crippen molar-refractivity contribution in [3.05, 3.63) is 69.3 Å².